The highest BCUT2D eigenvalue weighted by molar-refractivity contribution is 7.10. The molecular formula is C15H20N2S. The smallest absolute Gasteiger partial charge is 0.0438 e. The molecule has 1 unspecified atom stereocenters. The quantitative estimate of drug-likeness (QED) is 0.857. The average Bonchev–Trinajstić information content (AvgIpc) is 2.89. The minimum atomic E-state index is 0.453. The zero-order valence-corrected chi connectivity index (χ0v) is 11.8. The topological polar surface area (TPSA) is 24.9 Å². The highest BCUT2D eigenvalue weighted by Gasteiger charge is 2.15. The molecule has 0 aliphatic heterocycles. The molecule has 1 N–H and O–H groups in total. The highest BCUT2D eigenvalue weighted by Crippen LogP contribution is 2.25. The lowest BCUT2D eigenvalue weighted by molar-refractivity contribution is 0.420. The number of hydrogen-bond donors (Lipinski definition) is 1. The molecule has 0 saturated carbocycles. The molecule has 0 radical (unpaired) electrons. The van der Waals surface area contributed by atoms with Crippen molar-refractivity contribution in [2.24, 2.45) is 5.92 Å². The molecule has 2 heterocycles. The molecule has 2 aromatic heterocycles. The van der Waals surface area contributed by atoms with Crippen molar-refractivity contribution in [1.82, 2.24) is 10.3 Å². The second-order valence-corrected chi connectivity index (χ2v) is 5.74. The summed E-state index contributed by atoms with van der Waals surface area (Å²) in [6.45, 7) is 5.49. The predicted octanol–water partition coefficient (Wildman–Crippen LogP) is 3.67. The van der Waals surface area contributed by atoms with Crippen molar-refractivity contribution in [3.63, 3.8) is 0 Å². The van der Waals surface area contributed by atoms with E-state index in [0.29, 0.717) is 12.0 Å². The van der Waals surface area contributed by atoms with Crippen LogP contribution < -0.4 is 5.32 Å². The summed E-state index contributed by atoms with van der Waals surface area (Å²) in [5.41, 5.74) is 1.15. The maximum absolute atomic E-state index is 4.35. The Morgan fingerprint density at radius 1 is 1.22 bits per heavy atom. The number of pyridine rings is 1. The van der Waals surface area contributed by atoms with Crippen LogP contribution in [-0.4, -0.2) is 11.5 Å². The number of rotatable bonds is 6. The normalized spacial score (nSPS) is 12.8. The minimum absolute atomic E-state index is 0.453. The Morgan fingerprint density at radius 2 is 2.11 bits per heavy atom. The SMILES string of the molecule is CC(C)C(NCCc1ccccn1)c1cccs1. The second kappa shape index (κ2) is 6.66. The van der Waals surface area contributed by atoms with Crippen molar-refractivity contribution in [3.8, 4) is 0 Å². The van der Waals surface area contributed by atoms with Crippen LogP contribution in [0.25, 0.3) is 0 Å². The fraction of sp³-hybridized carbons (Fsp3) is 0.400. The lowest BCUT2D eigenvalue weighted by Crippen LogP contribution is -2.27. The van der Waals surface area contributed by atoms with Gasteiger partial charge in [-0.25, -0.2) is 0 Å². The van der Waals surface area contributed by atoms with E-state index in [-0.39, 0.29) is 0 Å². The molecule has 18 heavy (non-hydrogen) atoms. The molecule has 0 spiro atoms. The van der Waals surface area contributed by atoms with Crippen LogP contribution in [-0.2, 0) is 6.42 Å². The molecule has 0 aliphatic carbocycles. The molecule has 0 fully saturated rings. The van der Waals surface area contributed by atoms with Gasteiger partial charge in [-0.2, -0.15) is 0 Å². The highest BCUT2D eigenvalue weighted by atomic mass is 32.1. The Morgan fingerprint density at radius 3 is 2.72 bits per heavy atom. The minimum Gasteiger partial charge on any atom is -0.309 e. The van der Waals surface area contributed by atoms with Gasteiger partial charge >= 0.3 is 0 Å². The van der Waals surface area contributed by atoms with Crippen LogP contribution in [0.1, 0.15) is 30.5 Å². The Balaban J connectivity index is 1.87. The fourth-order valence-corrected chi connectivity index (χ4v) is 3.01. The van der Waals surface area contributed by atoms with Crippen LogP contribution in [0.4, 0.5) is 0 Å². The van der Waals surface area contributed by atoms with Gasteiger partial charge in [0, 0.05) is 35.8 Å². The first-order chi connectivity index (χ1) is 8.77. The summed E-state index contributed by atoms with van der Waals surface area (Å²) in [7, 11) is 0. The van der Waals surface area contributed by atoms with E-state index in [1.54, 1.807) is 0 Å². The lowest BCUT2D eigenvalue weighted by Gasteiger charge is -2.21. The summed E-state index contributed by atoms with van der Waals surface area (Å²) in [5.74, 6) is 0.604. The van der Waals surface area contributed by atoms with E-state index in [1.165, 1.54) is 4.88 Å². The molecule has 0 aromatic carbocycles. The molecule has 2 rings (SSSR count). The summed E-state index contributed by atoms with van der Waals surface area (Å²) >= 11 is 1.83. The Kier molecular flexibility index (Phi) is 4.90. The van der Waals surface area contributed by atoms with E-state index >= 15 is 0 Å². The molecule has 0 bridgehead atoms. The summed E-state index contributed by atoms with van der Waals surface area (Å²) in [5, 5.41) is 5.78. The van der Waals surface area contributed by atoms with Crippen LogP contribution in [0.15, 0.2) is 41.9 Å². The van der Waals surface area contributed by atoms with Crippen LogP contribution in [0.2, 0.25) is 0 Å². The van der Waals surface area contributed by atoms with Gasteiger partial charge in [-0.3, -0.25) is 4.98 Å². The van der Waals surface area contributed by atoms with Crippen LogP contribution in [0.3, 0.4) is 0 Å². The van der Waals surface area contributed by atoms with E-state index in [9.17, 15) is 0 Å². The number of nitrogens with zero attached hydrogens (tertiary/aromatic N) is 1. The van der Waals surface area contributed by atoms with Gasteiger partial charge in [-0.15, -0.1) is 11.3 Å². The van der Waals surface area contributed by atoms with Crippen molar-refractivity contribution in [2.75, 3.05) is 6.54 Å². The summed E-state index contributed by atoms with van der Waals surface area (Å²) in [6.07, 6.45) is 2.84. The molecule has 2 nitrogen and oxygen atoms in total. The summed E-state index contributed by atoms with van der Waals surface area (Å²) < 4.78 is 0. The second-order valence-electron chi connectivity index (χ2n) is 4.76. The third kappa shape index (κ3) is 3.65. The summed E-state index contributed by atoms with van der Waals surface area (Å²) in [6, 6.07) is 10.9. The zero-order valence-electron chi connectivity index (χ0n) is 11.0. The standard InChI is InChI=1S/C15H20N2S/c1-12(2)15(14-7-5-11-18-14)17-10-8-13-6-3-4-9-16-13/h3-7,9,11-12,15,17H,8,10H2,1-2H3. The first-order valence-corrected chi connectivity index (χ1v) is 7.32. The zero-order chi connectivity index (χ0) is 12.8. The number of aromatic nitrogens is 1. The van der Waals surface area contributed by atoms with Crippen molar-refractivity contribution < 1.29 is 0 Å². The van der Waals surface area contributed by atoms with Crippen molar-refractivity contribution in [3.05, 3.63) is 52.5 Å². The van der Waals surface area contributed by atoms with Gasteiger partial charge in [0.05, 0.1) is 0 Å². The Labute approximate surface area is 113 Å². The van der Waals surface area contributed by atoms with E-state index in [2.05, 4.69) is 47.7 Å². The van der Waals surface area contributed by atoms with E-state index in [4.69, 9.17) is 0 Å². The van der Waals surface area contributed by atoms with Gasteiger partial charge in [0.15, 0.2) is 0 Å². The number of thiophene rings is 1. The van der Waals surface area contributed by atoms with Crippen molar-refractivity contribution in [2.45, 2.75) is 26.3 Å². The van der Waals surface area contributed by atoms with E-state index in [1.807, 2.05) is 29.7 Å². The number of hydrogen-bond acceptors (Lipinski definition) is 3. The average molecular weight is 260 g/mol. The number of nitrogens with one attached hydrogen (secondary N) is 1. The van der Waals surface area contributed by atoms with Crippen LogP contribution >= 0.6 is 11.3 Å². The van der Waals surface area contributed by atoms with Crippen molar-refractivity contribution in [1.29, 1.82) is 0 Å². The largest absolute Gasteiger partial charge is 0.309 e. The van der Waals surface area contributed by atoms with Gasteiger partial charge in [0.2, 0.25) is 0 Å². The molecule has 3 heteroatoms. The first-order valence-electron chi connectivity index (χ1n) is 6.44. The van der Waals surface area contributed by atoms with Gasteiger partial charge in [-0.1, -0.05) is 26.0 Å². The molecule has 0 saturated heterocycles. The van der Waals surface area contributed by atoms with E-state index in [0.717, 1.165) is 18.7 Å². The monoisotopic (exact) mass is 260 g/mol. The third-order valence-electron chi connectivity index (χ3n) is 2.99. The molecule has 0 aliphatic rings. The Hall–Kier alpha value is -1.19. The van der Waals surface area contributed by atoms with Gasteiger partial charge in [0.1, 0.15) is 0 Å². The Bertz CT molecular complexity index is 437. The van der Waals surface area contributed by atoms with E-state index < -0.39 is 0 Å². The maximum atomic E-state index is 4.35. The fourth-order valence-electron chi connectivity index (χ4n) is 2.03. The first kappa shape index (κ1) is 13.2. The third-order valence-corrected chi connectivity index (χ3v) is 3.94. The van der Waals surface area contributed by atoms with Crippen LogP contribution in [0, 0.1) is 5.92 Å². The molecule has 96 valence electrons. The molecule has 0 amide bonds. The van der Waals surface area contributed by atoms with Gasteiger partial charge in [0.25, 0.3) is 0 Å². The molecule has 2 aromatic rings. The lowest BCUT2D eigenvalue weighted by atomic mass is 10.0. The summed E-state index contributed by atoms with van der Waals surface area (Å²) in [4.78, 5) is 5.77. The van der Waals surface area contributed by atoms with Crippen molar-refractivity contribution >= 4 is 11.3 Å². The molecular weight excluding hydrogens is 240 g/mol. The van der Waals surface area contributed by atoms with Crippen LogP contribution in [0.5, 0.6) is 0 Å². The predicted molar refractivity (Wildman–Crippen MR) is 77.8 cm³/mol. The molecule has 1 atom stereocenters. The maximum Gasteiger partial charge on any atom is 0.0438 e. The van der Waals surface area contributed by atoms with Gasteiger partial charge < -0.3 is 5.32 Å². The van der Waals surface area contributed by atoms with Gasteiger partial charge in [-0.05, 0) is 29.5 Å².